The Balaban J connectivity index is 1.45. The third kappa shape index (κ3) is 4.29. The Morgan fingerprint density at radius 3 is 2.28 bits per heavy atom. The summed E-state index contributed by atoms with van der Waals surface area (Å²) < 4.78 is 2.18. The predicted octanol–water partition coefficient (Wildman–Crippen LogP) is 5.56. The number of benzene rings is 2. The fourth-order valence-corrected chi connectivity index (χ4v) is 4.13. The number of halogens is 2. The lowest BCUT2D eigenvalue weighted by Crippen LogP contribution is -2.44. The first-order chi connectivity index (χ1) is 14.0. The number of para-hydroxylation sites is 1. The topological polar surface area (TPSA) is 23.8 Å². The molecular weight excluding hydrogens is 403 g/mol. The van der Waals surface area contributed by atoms with E-state index in [4.69, 9.17) is 28.3 Å². The first-order valence-electron chi connectivity index (χ1n) is 9.76. The van der Waals surface area contributed by atoms with Crippen molar-refractivity contribution in [3.63, 3.8) is 0 Å². The summed E-state index contributed by atoms with van der Waals surface area (Å²) >= 11 is 12.4. The van der Waals surface area contributed by atoms with Gasteiger partial charge in [-0.05, 0) is 56.3 Å². The fourth-order valence-electron chi connectivity index (χ4n) is 3.79. The van der Waals surface area contributed by atoms with Crippen LogP contribution in [0.2, 0.25) is 10.0 Å². The van der Waals surface area contributed by atoms with E-state index in [-0.39, 0.29) is 0 Å². The number of hydrogen-bond donors (Lipinski definition) is 0. The normalized spacial score (nSPS) is 14.8. The number of anilines is 1. The molecule has 1 aliphatic rings. The van der Waals surface area contributed by atoms with Gasteiger partial charge in [0.15, 0.2) is 0 Å². The van der Waals surface area contributed by atoms with E-state index in [1.165, 1.54) is 5.69 Å². The second-order valence-corrected chi connectivity index (χ2v) is 8.12. The van der Waals surface area contributed by atoms with Gasteiger partial charge in [-0.3, -0.25) is 5.01 Å². The third-order valence-corrected chi connectivity index (χ3v) is 5.94. The minimum Gasteiger partial charge on any atom is -0.368 e. The van der Waals surface area contributed by atoms with Crippen molar-refractivity contribution in [2.45, 2.75) is 13.8 Å². The summed E-state index contributed by atoms with van der Waals surface area (Å²) in [6, 6.07) is 18.1. The maximum absolute atomic E-state index is 6.41. The third-order valence-electron chi connectivity index (χ3n) is 5.37. The first-order valence-corrected chi connectivity index (χ1v) is 10.5. The van der Waals surface area contributed by atoms with Crippen molar-refractivity contribution < 1.29 is 0 Å². The monoisotopic (exact) mass is 426 g/mol. The molecule has 4 rings (SSSR count). The van der Waals surface area contributed by atoms with Crippen LogP contribution in [-0.2, 0) is 0 Å². The fraction of sp³-hybridized carbons (Fsp3) is 0.261. The molecule has 0 atom stereocenters. The van der Waals surface area contributed by atoms with Gasteiger partial charge in [-0.1, -0.05) is 35.3 Å². The Morgan fingerprint density at radius 1 is 0.897 bits per heavy atom. The standard InChI is InChI=1S/C23H24Cl2N4/c1-17-15-19(18(2)29(17)23-6-4-3-5-22(23)25)16-26-28-13-11-27(12-14-28)21-9-7-20(24)8-10-21/h3-10,15-16H,11-14H2,1-2H3. The van der Waals surface area contributed by atoms with Gasteiger partial charge in [0.25, 0.3) is 0 Å². The molecule has 1 aliphatic heterocycles. The lowest BCUT2D eigenvalue weighted by molar-refractivity contribution is 0.272. The van der Waals surface area contributed by atoms with Crippen LogP contribution in [0.15, 0.2) is 59.7 Å². The van der Waals surface area contributed by atoms with E-state index in [2.05, 4.69) is 46.5 Å². The molecule has 2 heterocycles. The minimum absolute atomic E-state index is 0.746. The van der Waals surface area contributed by atoms with E-state index in [0.717, 1.165) is 58.9 Å². The molecule has 0 spiro atoms. The van der Waals surface area contributed by atoms with E-state index >= 15 is 0 Å². The number of piperazine rings is 1. The molecule has 150 valence electrons. The summed E-state index contributed by atoms with van der Waals surface area (Å²) in [5.74, 6) is 0. The van der Waals surface area contributed by atoms with Crippen LogP contribution in [-0.4, -0.2) is 42.0 Å². The summed E-state index contributed by atoms with van der Waals surface area (Å²) in [5, 5.41) is 8.39. The minimum atomic E-state index is 0.746. The maximum atomic E-state index is 6.41. The summed E-state index contributed by atoms with van der Waals surface area (Å²) in [7, 11) is 0. The molecule has 0 N–H and O–H groups in total. The smallest absolute Gasteiger partial charge is 0.0646 e. The maximum Gasteiger partial charge on any atom is 0.0646 e. The Bertz CT molecular complexity index is 1020. The Hall–Kier alpha value is -2.43. The van der Waals surface area contributed by atoms with Crippen molar-refractivity contribution in [2.24, 2.45) is 5.10 Å². The lowest BCUT2D eigenvalue weighted by Gasteiger charge is -2.34. The molecule has 4 nitrogen and oxygen atoms in total. The quantitative estimate of drug-likeness (QED) is 0.510. The van der Waals surface area contributed by atoms with Crippen molar-refractivity contribution >= 4 is 35.1 Å². The van der Waals surface area contributed by atoms with Crippen LogP contribution in [0.4, 0.5) is 5.69 Å². The largest absolute Gasteiger partial charge is 0.368 e. The van der Waals surface area contributed by atoms with Crippen LogP contribution in [0.25, 0.3) is 5.69 Å². The van der Waals surface area contributed by atoms with Gasteiger partial charge >= 0.3 is 0 Å². The van der Waals surface area contributed by atoms with Crippen molar-refractivity contribution in [1.29, 1.82) is 0 Å². The predicted molar refractivity (Wildman–Crippen MR) is 123 cm³/mol. The second kappa shape index (κ2) is 8.52. The van der Waals surface area contributed by atoms with Gasteiger partial charge in [0.1, 0.15) is 0 Å². The number of rotatable bonds is 4. The summed E-state index contributed by atoms with van der Waals surface area (Å²) in [5.41, 5.74) is 5.60. The average Bonchev–Trinajstić information content (AvgIpc) is 3.01. The highest BCUT2D eigenvalue weighted by Gasteiger charge is 2.16. The van der Waals surface area contributed by atoms with Crippen molar-refractivity contribution in [2.75, 3.05) is 31.1 Å². The molecule has 6 heteroatoms. The SMILES string of the molecule is Cc1cc(C=NN2CCN(c3ccc(Cl)cc3)CC2)c(C)n1-c1ccccc1Cl. The molecule has 0 amide bonds. The number of hydrazone groups is 1. The van der Waals surface area contributed by atoms with Crippen LogP contribution in [0.3, 0.4) is 0 Å². The Morgan fingerprint density at radius 2 is 1.59 bits per heavy atom. The number of nitrogens with zero attached hydrogens (tertiary/aromatic N) is 4. The number of hydrogen-bond acceptors (Lipinski definition) is 3. The van der Waals surface area contributed by atoms with Crippen molar-refractivity contribution in [1.82, 2.24) is 9.58 Å². The number of aromatic nitrogens is 1. The molecular formula is C23H24Cl2N4. The summed E-state index contributed by atoms with van der Waals surface area (Å²) in [6.07, 6.45) is 1.97. The van der Waals surface area contributed by atoms with Gasteiger partial charge < -0.3 is 9.47 Å². The van der Waals surface area contributed by atoms with Gasteiger partial charge in [0.05, 0.1) is 30.0 Å². The molecule has 2 aromatic carbocycles. The Labute approximate surface area is 182 Å². The zero-order valence-electron chi connectivity index (χ0n) is 16.6. The molecule has 0 unspecified atom stereocenters. The highest BCUT2D eigenvalue weighted by atomic mass is 35.5. The van der Waals surface area contributed by atoms with E-state index in [9.17, 15) is 0 Å². The molecule has 3 aromatic rings. The van der Waals surface area contributed by atoms with Gasteiger partial charge in [0.2, 0.25) is 0 Å². The molecule has 1 saturated heterocycles. The highest BCUT2D eigenvalue weighted by Crippen LogP contribution is 2.26. The summed E-state index contributed by atoms with van der Waals surface area (Å²) in [6.45, 7) is 7.87. The molecule has 1 aromatic heterocycles. The van der Waals surface area contributed by atoms with E-state index < -0.39 is 0 Å². The molecule has 1 fully saturated rings. The van der Waals surface area contributed by atoms with Crippen molar-refractivity contribution in [3.8, 4) is 5.69 Å². The van der Waals surface area contributed by atoms with E-state index in [1.807, 2.05) is 42.6 Å². The molecule has 0 saturated carbocycles. The first kappa shape index (κ1) is 19.9. The zero-order chi connectivity index (χ0) is 20.4. The summed E-state index contributed by atoms with van der Waals surface area (Å²) in [4.78, 5) is 2.37. The van der Waals surface area contributed by atoms with E-state index in [1.54, 1.807) is 0 Å². The molecule has 29 heavy (non-hydrogen) atoms. The second-order valence-electron chi connectivity index (χ2n) is 7.27. The molecule has 0 aliphatic carbocycles. The number of aryl methyl sites for hydroxylation is 1. The highest BCUT2D eigenvalue weighted by molar-refractivity contribution is 6.32. The average molecular weight is 427 g/mol. The van der Waals surface area contributed by atoms with Crippen LogP contribution >= 0.6 is 23.2 Å². The Kier molecular flexibility index (Phi) is 5.84. The van der Waals surface area contributed by atoms with Crippen LogP contribution < -0.4 is 4.90 Å². The van der Waals surface area contributed by atoms with Crippen LogP contribution in [0.1, 0.15) is 17.0 Å². The van der Waals surface area contributed by atoms with Gasteiger partial charge in [-0.2, -0.15) is 5.10 Å². The van der Waals surface area contributed by atoms with Crippen LogP contribution in [0, 0.1) is 13.8 Å². The van der Waals surface area contributed by atoms with Gasteiger partial charge in [-0.25, -0.2) is 0 Å². The van der Waals surface area contributed by atoms with Gasteiger partial charge in [0, 0.05) is 40.8 Å². The van der Waals surface area contributed by atoms with Crippen molar-refractivity contribution in [3.05, 3.63) is 81.6 Å². The van der Waals surface area contributed by atoms with E-state index in [0.29, 0.717) is 0 Å². The molecule has 0 radical (unpaired) electrons. The van der Waals surface area contributed by atoms with Crippen LogP contribution in [0.5, 0.6) is 0 Å². The zero-order valence-corrected chi connectivity index (χ0v) is 18.2. The van der Waals surface area contributed by atoms with Gasteiger partial charge in [-0.15, -0.1) is 0 Å². The molecule has 0 bridgehead atoms. The lowest BCUT2D eigenvalue weighted by atomic mass is 10.2.